The molecule has 0 heterocycles. The molecule has 1 rings (SSSR count). The van der Waals surface area contributed by atoms with E-state index in [1.54, 1.807) is 0 Å². The molecule has 0 aliphatic heterocycles. The molecule has 0 N–H and O–H groups in total. The van der Waals surface area contributed by atoms with Gasteiger partial charge in [-0.3, -0.25) is 0 Å². The number of halogens is 2. The first-order valence-corrected chi connectivity index (χ1v) is 4.47. The van der Waals surface area contributed by atoms with Gasteiger partial charge in [-0.15, -0.1) is 11.6 Å². The van der Waals surface area contributed by atoms with E-state index in [2.05, 4.69) is 0 Å². The highest BCUT2D eigenvalue weighted by Crippen LogP contribution is 2.11. The Hall–Kier alpha value is -0.800. The van der Waals surface area contributed by atoms with Crippen LogP contribution in [0.2, 0.25) is 0 Å². The van der Waals surface area contributed by atoms with Crippen LogP contribution in [0.15, 0.2) is 24.3 Å². The Balaban J connectivity index is 2.25. The van der Waals surface area contributed by atoms with Gasteiger partial charge < -0.3 is 4.89 Å². The fourth-order valence-electron chi connectivity index (χ4n) is 0.713. The van der Waals surface area contributed by atoms with Crippen LogP contribution in [0.1, 0.15) is 6.42 Å². The van der Waals surface area contributed by atoms with Gasteiger partial charge in [0, 0.05) is 5.88 Å². The maximum absolute atomic E-state index is 12.4. The van der Waals surface area contributed by atoms with Crippen LogP contribution in [-0.4, -0.2) is 12.5 Å². The summed E-state index contributed by atoms with van der Waals surface area (Å²) in [5, 5.41) is 0. The van der Waals surface area contributed by atoms with Crippen molar-refractivity contribution < 1.29 is 14.2 Å². The summed E-state index contributed by atoms with van der Waals surface area (Å²) in [6, 6.07) is 5.60. The topological polar surface area (TPSA) is 18.5 Å². The molecule has 0 spiro atoms. The molecule has 0 atom stereocenters. The van der Waals surface area contributed by atoms with Gasteiger partial charge in [-0.05, 0) is 30.7 Å². The number of rotatable bonds is 5. The summed E-state index contributed by atoms with van der Waals surface area (Å²) in [4.78, 5) is 9.63. The van der Waals surface area contributed by atoms with Crippen molar-refractivity contribution in [2.75, 3.05) is 12.5 Å². The third kappa shape index (κ3) is 4.10. The van der Waals surface area contributed by atoms with Crippen LogP contribution in [0.4, 0.5) is 4.39 Å². The van der Waals surface area contributed by atoms with Crippen molar-refractivity contribution in [3.05, 3.63) is 30.1 Å². The van der Waals surface area contributed by atoms with Gasteiger partial charge >= 0.3 is 0 Å². The van der Waals surface area contributed by atoms with Gasteiger partial charge in [0.1, 0.15) is 5.82 Å². The van der Waals surface area contributed by atoms with Gasteiger partial charge in [-0.25, -0.2) is 4.39 Å². The minimum absolute atomic E-state index is 0.298. The molecule has 13 heavy (non-hydrogen) atoms. The van der Waals surface area contributed by atoms with Crippen LogP contribution in [0.5, 0.6) is 5.75 Å². The lowest BCUT2D eigenvalue weighted by Gasteiger charge is -2.02. The molecule has 72 valence electrons. The normalized spacial score (nSPS) is 10.0. The zero-order valence-corrected chi connectivity index (χ0v) is 7.76. The van der Waals surface area contributed by atoms with Gasteiger partial charge in [0.05, 0.1) is 6.61 Å². The number of hydrogen-bond acceptors (Lipinski definition) is 2. The molecule has 0 amide bonds. The molecule has 0 aromatic heterocycles. The summed E-state index contributed by atoms with van der Waals surface area (Å²) < 4.78 is 12.4. The molecule has 0 bridgehead atoms. The molecule has 1 aromatic rings. The van der Waals surface area contributed by atoms with E-state index in [0.29, 0.717) is 18.2 Å². The molecule has 0 aliphatic carbocycles. The molecular weight excluding hydrogens is 195 g/mol. The van der Waals surface area contributed by atoms with Gasteiger partial charge in [0.15, 0.2) is 5.75 Å². The maximum atomic E-state index is 12.4. The van der Waals surface area contributed by atoms with Gasteiger partial charge in [-0.1, -0.05) is 0 Å². The van der Waals surface area contributed by atoms with Crippen LogP contribution < -0.4 is 4.89 Å². The summed E-state index contributed by atoms with van der Waals surface area (Å²) in [7, 11) is 0. The minimum Gasteiger partial charge on any atom is -0.338 e. The van der Waals surface area contributed by atoms with Gasteiger partial charge in [0.2, 0.25) is 0 Å². The van der Waals surface area contributed by atoms with E-state index in [1.807, 2.05) is 0 Å². The molecule has 1 aromatic carbocycles. The molecule has 0 saturated carbocycles. The molecule has 0 fully saturated rings. The molecule has 0 unspecified atom stereocenters. The molecule has 0 aliphatic rings. The predicted octanol–water partition coefficient (Wildman–Crippen LogP) is 2.77. The summed E-state index contributed by atoms with van der Waals surface area (Å²) in [6.07, 6.45) is 0.725. The standard InChI is InChI=1S/C9H10ClFO2/c10-6-1-7-12-13-9-4-2-8(11)3-5-9/h2-5H,1,6-7H2. The first-order valence-electron chi connectivity index (χ1n) is 3.94. The van der Waals surface area contributed by atoms with Crippen molar-refractivity contribution in [1.82, 2.24) is 0 Å². The third-order valence-electron chi connectivity index (χ3n) is 1.33. The molecule has 4 heteroatoms. The van der Waals surface area contributed by atoms with Crippen LogP contribution in [0.25, 0.3) is 0 Å². The van der Waals surface area contributed by atoms with E-state index >= 15 is 0 Å². The van der Waals surface area contributed by atoms with E-state index in [9.17, 15) is 4.39 Å². The van der Waals surface area contributed by atoms with Crippen LogP contribution >= 0.6 is 11.6 Å². The second-order valence-electron chi connectivity index (χ2n) is 2.40. The van der Waals surface area contributed by atoms with Crippen molar-refractivity contribution >= 4 is 11.6 Å². The quantitative estimate of drug-likeness (QED) is 0.318. The smallest absolute Gasteiger partial charge is 0.165 e. The average molecular weight is 205 g/mol. The van der Waals surface area contributed by atoms with E-state index < -0.39 is 0 Å². The monoisotopic (exact) mass is 204 g/mol. The van der Waals surface area contributed by atoms with Crippen molar-refractivity contribution in [1.29, 1.82) is 0 Å². The largest absolute Gasteiger partial charge is 0.338 e. The Kier molecular flexibility index (Phi) is 4.57. The SMILES string of the molecule is Fc1ccc(OOCCCCl)cc1. The van der Waals surface area contributed by atoms with E-state index in [0.717, 1.165) is 6.42 Å². The molecule has 0 saturated heterocycles. The highest BCUT2D eigenvalue weighted by Gasteiger charge is 1.94. The number of hydrogen-bond donors (Lipinski definition) is 0. The summed E-state index contributed by atoms with van der Waals surface area (Å²) in [5.74, 6) is 0.719. The van der Waals surface area contributed by atoms with Gasteiger partial charge in [0.25, 0.3) is 0 Å². The van der Waals surface area contributed by atoms with Crippen LogP contribution in [-0.2, 0) is 4.89 Å². The number of alkyl halides is 1. The lowest BCUT2D eigenvalue weighted by atomic mass is 10.3. The Morgan fingerprint density at radius 2 is 1.92 bits per heavy atom. The van der Waals surface area contributed by atoms with E-state index in [-0.39, 0.29) is 5.82 Å². The lowest BCUT2D eigenvalue weighted by molar-refractivity contribution is -0.206. The molecular formula is C9H10ClFO2. The molecule has 2 nitrogen and oxygen atoms in total. The predicted molar refractivity (Wildman–Crippen MR) is 48.3 cm³/mol. The Morgan fingerprint density at radius 1 is 1.23 bits per heavy atom. The van der Waals surface area contributed by atoms with Crippen molar-refractivity contribution in [2.45, 2.75) is 6.42 Å². The van der Waals surface area contributed by atoms with Gasteiger partial charge in [-0.2, -0.15) is 4.89 Å². The van der Waals surface area contributed by atoms with E-state index in [1.165, 1.54) is 24.3 Å². The first kappa shape index (κ1) is 10.3. The fraction of sp³-hybridized carbons (Fsp3) is 0.333. The minimum atomic E-state index is -0.298. The highest BCUT2D eigenvalue weighted by atomic mass is 35.5. The lowest BCUT2D eigenvalue weighted by Crippen LogP contribution is -1.99. The fourth-order valence-corrected chi connectivity index (χ4v) is 0.822. The van der Waals surface area contributed by atoms with Crippen molar-refractivity contribution in [3.63, 3.8) is 0 Å². The van der Waals surface area contributed by atoms with Crippen molar-refractivity contribution in [2.24, 2.45) is 0 Å². The summed E-state index contributed by atoms with van der Waals surface area (Å²) in [6.45, 7) is 0.431. The summed E-state index contributed by atoms with van der Waals surface area (Å²) >= 11 is 5.42. The Morgan fingerprint density at radius 3 is 2.54 bits per heavy atom. The third-order valence-corrected chi connectivity index (χ3v) is 1.60. The second-order valence-corrected chi connectivity index (χ2v) is 2.78. The second kappa shape index (κ2) is 5.78. The zero-order chi connectivity index (χ0) is 9.52. The zero-order valence-electron chi connectivity index (χ0n) is 7.00. The number of benzene rings is 1. The van der Waals surface area contributed by atoms with Crippen LogP contribution in [0, 0.1) is 5.82 Å². The first-order chi connectivity index (χ1) is 6.33. The highest BCUT2D eigenvalue weighted by molar-refractivity contribution is 6.17. The Labute approximate surface area is 81.2 Å². The Bertz CT molecular complexity index is 238. The van der Waals surface area contributed by atoms with Crippen molar-refractivity contribution in [3.8, 4) is 5.75 Å². The average Bonchev–Trinajstić information content (AvgIpc) is 2.15. The van der Waals surface area contributed by atoms with Crippen LogP contribution in [0.3, 0.4) is 0 Å². The summed E-state index contributed by atoms with van der Waals surface area (Å²) in [5.41, 5.74) is 0. The van der Waals surface area contributed by atoms with E-state index in [4.69, 9.17) is 21.4 Å². The molecule has 0 radical (unpaired) electrons. The maximum Gasteiger partial charge on any atom is 0.165 e.